The third-order valence-corrected chi connectivity index (χ3v) is 3.56. The van der Waals surface area contributed by atoms with E-state index in [0.717, 1.165) is 0 Å². The standard InChI is InChI=1S/C12H21N3O5/c1-7(9(18)10(19)13-2)15-11(20)12(6-16)3-4-14-8(17)5-12/h7,9,16,18H,3-6H2,1-2H3,(H,13,19)(H,14,17)(H,15,20)/t7-,9+,12?/m0/s1. The van der Waals surface area contributed by atoms with E-state index >= 15 is 0 Å². The Hall–Kier alpha value is -1.67. The maximum Gasteiger partial charge on any atom is 0.250 e. The van der Waals surface area contributed by atoms with E-state index in [1.165, 1.54) is 14.0 Å². The van der Waals surface area contributed by atoms with Gasteiger partial charge in [-0.25, -0.2) is 0 Å². The van der Waals surface area contributed by atoms with E-state index in [1.807, 2.05) is 0 Å². The van der Waals surface area contributed by atoms with Gasteiger partial charge in [0.25, 0.3) is 5.91 Å². The molecule has 0 aromatic heterocycles. The smallest absolute Gasteiger partial charge is 0.250 e. The average Bonchev–Trinajstić information content (AvgIpc) is 2.45. The lowest BCUT2D eigenvalue weighted by Gasteiger charge is -2.35. The molecule has 0 aromatic rings. The summed E-state index contributed by atoms with van der Waals surface area (Å²) in [7, 11) is 1.38. The number of hydrogen-bond donors (Lipinski definition) is 5. The second kappa shape index (κ2) is 6.67. The third kappa shape index (κ3) is 3.45. The summed E-state index contributed by atoms with van der Waals surface area (Å²) in [4.78, 5) is 34.9. The molecule has 3 amide bonds. The predicted molar refractivity (Wildman–Crippen MR) is 69.4 cm³/mol. The summed E-state index contributed by atoms with van der Waals surface area (Å²) in [6, 6.07) is -0.823. The van der Waals surface area contributed by atoms with Gasteiger partial charge in [-0.15, -0.1) is 0 Å². The van der Waals surface area contributed by atoms with E-state index in [1.54, 1.807) is 0 Å². The predicted octanol–water partition coefficient (Wildman–Crippen LogP) is -2.51. The van der Waals surface area contributed by atoms with Crippen molar-refractivity contribution in [1.82, 2.24) is 16.0 Å². The Labute approximate surface area is 116 Å². The second-order valence-corrected chi connectivity index (χ2v) is 5.04. The minimum Gasteiger partial charge on any atom is -0.395 e. The Bertz CT molecular complexity index is 401. The van der Waals surface area contributed by atoms with Crippen molar-refractivity contribution in [3.05, 3.63) is 0 Å². The van der Waals surface area contributed by atoms with E-state index in [-0.39, 0.29) is 12.3 Å². The topological polar surface area (TPSA) is 128 Å². The second-order valence-electron chi connectivity index (χ2n) is 5.04. The maximum absolute atomic E-state index is 12.2. The van der Waals surface area contributed by atoms with Gasteiger partial charge in [-0.2, -0.15) is 0 Å². The van der Waals surface area contributed by atoms with Crippen molar-refractivity contribution < 1.29 is 24.6 Å². The molecule has 1 rings (SSSR count). The molecule has 5 N–H and O–H groups in total. The highest BCUT2D eigenvalue weighted by atomic mass is 16.3. The monoisotopic (exact) mass is 287 g/mol. The molecule has 3 atom stereocenters. The number of carbonyl (C=O) groups is 3. The summed E-state index contributed by atoms with van der Waals surface area (Å²) in [6.07, 6.45) is -1.20. The molecule has 8 heteroatoms. The van der Waals surface area contributed by atoms with Crippen LogP contribution in [0.4, 0.5) is 0 Å². The van der Waals surface area contributed by atoms with Gasteiger partial charge >= 0.3 is 0 Å². The molecule has 1 heterocycles. The molecule has 0 aliphatic carbocycles. The molecule has 1 aliphatic rings. The van der Waals surface area contributed by atoms with E-state index in [4.69, 9.17) is 0 Å². The van der Waals surface area contributed by atoms with Crippen molar-refractivity contribution >= 4 is 17.7 Å². The van der Waals surface area contributed by atoms with Crippen molar-refractivity contribution in [3.8, 4) is 0 Å². The summed E-state index contributed by atoms with van der Waals surface area (Å²) < 4.78 is 0. The van der Waals surface area contributed by atoms with Gasteiger partial charge in [0, 0.05) is 20.0 Å². The minimum atomic E-state index is -1.39. The molecular formula is C12H21N3O5. The van der Waals surface area contributed by atoms with Gasteiger partial charge in [0.15, 0.2) is 6.10 Å². The lowest BCUT2D eigenvalue weighted by Crippen LogP contribution is -2.56. The summed E-state index contributed by atoms with van der Waals surface area (Å²) in [6.45, 7) is 1.32. The van der Waals surface area contributed by atoms with Crippen LogP contribution in [0.3, 0.4) is 0 Å². The SMILES string of the molecule is CNC(=O)[C@H](O)[C@H](C)NC(=O)C1(CO)CCNC(=O)C1. The Morgan fingerprint density at radius 2 is 2.15 bits per heavy atom. The fraction of sp³-hybridized carbons (Fsp3) is 0.750. The summed E-state index contributed by atoms with van der Waals surface area (Å²) in [5.74, 6) is -1.46. The number of rotatable bonds is 5. The number of carbonyl (C=O) groups excluding carboxylic acids is 3. The minimum absolute atomic E-state index is 0.113. The molecular weight excluding hydrogens is 266 g/mol. The normalized spacial score (nSPS) is 25.3. The Balaban J connectivity index is 2.72. The van der Waals surface area contributed by atoms with Crippen LogP contribution >= 0.6 is 0 Å². The highest BCUT2D eigenvalue weighted by Crippen LogP contribution is 2.29. The Morgan fingerprint density at radius 1 is 1.50 bits per heavy atom. The fourth-order valence-corrected chi connectivity index (χ4v) is 2.11. The van der Waals surface area contributed by atoms with Crippen molar-refractivity contribution in [2.24, 2.45) is 5.41 Å². The van der Waals surface area contributed by atoms with E-state index in [2.05, 4.69) is 16.0 Å². The number of hydrogen-bond acceptors (Lipinski definition) is 5. The van der Waals surface area contributed by atoms with Crippen LogP contribution in [0.5, 0.6) is 0 Å². The molecule has 0 spiro atoms. The Kier molecular flexibility index (Phi) is 5.46. The van der Waals surface area contributed by atoms with Gasteiger partial charge in [0.2, 0.25) is 11.8 Å². The first-order valence-corrected chi connectivity index (χ1v) is 6.44. The van der Waals surface area contributed by atoms with Crippen molar-refractivity contribution in [1.29, 1.82) is 0 Å². The first kappa shape index (κ1) is 16.4. The zero-order valence-electron chi connectivity index (χ0n) is 11.6. The lowest BCUT2D eigenvalue weighted by atomic mass is 9.78. The molecule has 1 aliphatic heterocycles. The summed E-state index contributed by atoms with van der Waals surface area (Å²) >= 11 is 0. The van der Waals surface area contributed by atoms with Crippen LogP contribution in [0, 0.1) is 5.41 Å². The largest absolute Gasteiger partial charge is 0.395 e. The van der Waals surface area contributed by atoms with Crippen LogP contribution in [-0.2, 0) is 14.4 Å². The maximum atomic E-state index is 12.2. The zero-order chi connectivity index (χ0) is 15.3. The van der Waals surface area contributed by atoms with Crippen molar-refractivity contribution in [3.63, 3.8) is 0 Å². The average molecular weight is 287 g/mol. The van der Waals surface area contributed by atoms with Crippen LogP contribution in [0.1, 0.15) is 19.8 Å². The summed E-state index contributed by atoms with van der Waals surface area (Å²) in [5.41, 5.74) is -1.20. The lowest BCUT2D eigenvalue weighted by molar-refractivity contribution is -0.144. The number of aliphatic hydroxyl groups is 2. The van der Waals surface area contributed by atoms with Crippen LogP contribution in [0.15, 0.2) is 0 Å². The van der Waals surface area contributed by atoms with Gasteiger partial charge in [-0.1, -0.05) is 0 Å². The summed E-state index contributed by atoms with van der Waals surface area (Å²) in [5, 5.41) is 26.5. The van der Waals surface area contributed by atoms with Crippen LogP contribution in [0.25, 0.3) is 0 Å². The quantitative estimate of drug-likeness (QED) is 0.381. The molecule has 0 bridgehead atoms. The fourth-order valence-electron chi connectivity index (χ4n) is 2.11. The van der Waals surface area contributed by atoms with Crippen LogP contribution in [0.2, 0.25) is 0 Å². The van der Waals surface area contributed by atoms with Crippen LogP contribution in [-0.4, -0.2) is 60.3 Å². The number of aliphatic hydroxyl groups excluding tert-OH is 2. The molecule has 0 saturated carbocycles. The Morgan fingerprint density at radius 3 is 2.65 bits per heavy atom. The van der Waals surface area contributed by atoms with E-state index in [9.17, 15) is 24.6 Å². The molecule has 20 heavy (non-hydrogen) atoms. The number of likely N-dealkylation sites (N-methyl/N-ethyl adjacent to an activating group) is 1. The number of nitrogens with one attached hydrogen (secondary N) is 3. The third-order valence-electron chi connectivity index (χ3n) is 3.56. The molecule has 114 valence electrons. The molecule has 0 aromatic carbocycles. The molecule has 1 unspecified atom stereocenters. The molecule has 0 radical (unpaired) electrons. The molecule has 1 fully saturated rings. The van der Waals surface area contributed by atoms with Gasteiger partial charge in [0.1, 0.15) is 0 Å². The van der Waals surface area contributed by atoms with Crippen LogP contribution < -0.4 is 16.0 Å². The highest BCUT2D eigenvalue weighted by Gasteiger charge is 2.43. The van der Waals surface area contributed by atoms with Gasteiger partial charge in [-0.3, -0.25) is 14.4 Å². The van der Waals surface area contributed by atoms with Gasteiger partial charge in [-0.05, 0) is 13.3 Å². The van der Waals surface area contributed by atoms with E-state index in [0.29, 0.717) is 13.0 Å². The zero-order valence-corrected chi connectivity index (χ0v) is 11.6. The van der Waals surface area contributed by atoms with Crippen molar-refractivity contribution in [2.75, 3.05) is 20.2 Å². The van der Waals surface area contributed by atoms with Crippen molar-refractivity contribution in [2.45, 2.75) is 31.9 Å². The molecule has 1 saturated heterocycles. The van der Waals surface area contributed by atoms with Gasteiger partial charge in [0.05, 0.1) is 18.1 Å². The van der Waals surface area contributed by atoms with Gasteiger partial charge < -0.3 is 26.2 Å². The van der Waals surface area contributed by atoms with E-state index < -0.39 is 36.0 Å². The first-order valence-electron chi connectivity index (χ1n) is 6.44. The molecule has 8 nitrogen and oxygen atoms in total. The number of piperidine rings is 1. The number of amides is 3. The highest BCUT2D eigenvalue weighted by molar-refractivity contribution is 5.91. The first-order chi connectivity index (χ1) is 9.36.